The fraction of sp³-hybridized carbons (Fsp3) is 0.500. The molecule has 0 amide bonds. The van der Waals surface area contributed by atoms with Crippen molar-refractivity contribution < 1.29 is 19.6 Å². The minimum atomic E-state index is -1.09. The highest BCUT2D eigenvalue weighted by Crippen LogP contribution is 2.31. The number of carbonyl (C=O) groups is 1. The molecule has 1 aromatic rings. The summed E-state index contributed by atoms with van der Waals surface area (Å²) in [4.78, 5) is 24.0. The van der Waals surface area contributed by atoms with Gasteiger partial charge in [0.25, 0.3) is 5.69 Å². The lowest BCUT2D eigenvalue weighted by Gasteiger charge is -2.38. The van der Waals surface area contributed by atoms with Gasteiger partial charge < -0.3 is 9.84 Å². The van der Waals surface area contributed by atoms with Crippen molar-refractivity contribution in [3.63, 3.8) is 0 Å². The Hall–Kier alpha value is -1.99. The molecule has 0 aliphatic carbocycles. The van der Waals surface area contributed by atoms with Crippen molar-refractivity contribution in [2.24, 2.45) is 0 Å². The van der Waals surface area contributed by atoms with Crippen LogP contribution < -0.4 is 0 Å². The van der Waals surface area contributed by atoms with Crippen LogP contribution in [0.2, 0.25) is 0 Å². The molecule has 1 aromatic carbocycles. The van der Waals surface area contributed by atoms with E-state index in [-0.39, 0.29) is 23.5 Å². The quantitative estimate of drug-likeness (QED) is 0.672. The highest BCUT2D eigenvalue weighted by molar-refractivity contribution is 5.77. The van der Waals surface area contributed by atoms with E-state index in [1.54, 1.807) is 11.0 Å². The van der Waals surface area contributed by atoms with Crippen LogP contribution in [0, 0.1) is 10.1 Å². The number of carboxylic acid groups (broad SMARTS) is 1. The van der Waals surface area contributed by atoms with Crippen molar-refractivity contribution in [2.75, 3.05) is 13.1 Å². The van der Waals surface area contributed by atoms with Gasteiger partial charge in [-0.1, -0.05) is 12.1 Å². The molecule has 114 valence electrons. The molecule has 2 rings (SSSR count). The Morgan fingerprint density at radius 3 is 2.48 bits per heavy atom. The van der Waals surface area contributed by atoms with E-state index in [2.05, 4.69) is 0 Å². The number of ether oxygens (including phenoxy) is 1. The number of nitro groups is 1. The number of carboxylic acids is 1. The Labute approximate surface area is 122 Å². The highest BCUT2D eigenvalue weighted by atomic mass is 16.6. The number of benzene rings is 1. The first-order valence-electron chi connectivity index (χ1n) is 6.75. The molecule has 7 heteroatoms. The van der Waals surface area contributed by atoms with E-state index in [9.17, 15) is 20.0 Å². The lowest BCUT2D eigenvalue weighted by molar-refractivity contribution is -0.386. The minimum absolute atomic E-state index is 0.113. The van der Waals surface area contributed by atoms with Crippen LogP contribution in [0.4, 0.5) is 5.69 Å². The van der Waals surface area contributed by atoms with E-state index in [4.69, 9.17) is 4.74 Å². The van der Waals surface area contributed by atoms with E-state index < -0.39 is 16.9 Å². The largest absolute Gasteiger partial charge is 0.480 e. The second-order valence-electron chi connectivity index (χ2n) is 5.27. The van der Waals surface area contributed by atoms with Gasteiger partial charge in [-0.15, -0.1) is 0 Å². The molecule has 21 heavy (non-hydrogen) atoms. The Kier molecular flexibility index (Phi) is 4.54. The summed E-state index contributed by atoms with van der Waals surface area (Å²) in [6, 6.07) is 4.94. The summed E-state index contributed by atoms with van der Waals surface area (Å²) in [5.41, 5.74) is 0.0352. The van der Waals surface area contributed by atoms with E-state index in [1.165, 1.54) is 18.2 Å². The monoisotopic (exact) mass is 294 g/mol. The number of hydrogen-bond donors (Lipinski definition) is 1. The summed E-state index contributed by atoms with van der Waals surface area (Å²) in [5, 5.41) is 20.7. The van der Waals surface area contributed by atoms with Crippen LogP contribution in [0.15, 0.2) is 24.3 Å². The maximum Gasteiger partial charge on any atom is 0.325 e. The van der Waals surface area contributed by atoms with E-state index >= 15 is 0 Å². The van der Waals surface area contributed by atoms with Gasteiger partial charge in [0.2, 0.25) is 0 Å². The Morgan fingerprint density at radius 2 is 1.95 bits per heavy atom. The average molecular weight is 294 g/mol. The molecule has 0 spiro atoms. The number of aliphatic carboxylic acids is 1. The maximum absolute atomic E-state index is 11.7. The molecule has 1 aliphatic rings. The van der Waals surface area contributed by atoms with E-state index in [1.807, 2.05) is 13.8 Å². The van der Waals surface area contributed by atoms with Crippen LogP contribution in [-0.2, 0) is 9.53 Å². The summed E-state index contributed by atoms with van der Waals surface area (Å²) in [6.07, 6.45) is -0.225. The number of nitro benzene ring substituents is 1. The van der Waals surface area contributed by atoms with E-state index in [0.717, 1.165) is 0 Å². The standard InChI is InChI=1S/C14H18N2O5/c1-9-7-15(8-10(2)21-9)13(14(17)18)11-5-3-4-6-12(11)16(19)20/h3-6,9-10,13H,7-8H2,1-2H3,(H,17,18). The lowest BCUT2D eigenvalue weighted by atomic mass is 10.0. The fourth-order valence-electron chi connectivity index (χ4n) is 2.80. The van der Waals surface area contributed by atoms with Gasteiger partial charge in [0, 0.05) is 19.2 Å². The molecule has 7 nitrogen and oxygen atoms in total. The van der Waals surface area contributed by atoms with E-state index in [0.29, 0.717) is 13.1 Å². The molecule has 1 heterocycles. The van der Waals surface area contributed by atoms with Crippen LogP contribution in [0.3, 0.4) is 0 Å². The second-order valence-corrected chi connectivity index (χ2v) is 5.27. The summed E-state index contributed by atoms with van der Waals surface area (Å²) in [5.74, 6) is -1.09. The third-order valence-corrected chi connectivity index (χ3v) is 3.47. The van der Waals surface area contributed by atoms with Gasteiger partial charge in [-0.05, 0) is 19.9 Å². The third-order valence-electron chi connectivity index (χ3n) is 3.47. The molecular weight excluding hydrogens is 276 g/mol. The van der Waals surface area contributed by atoms with Crippen molar-refractivity contribution in [3.8, 4) is 0 Å². The smallest absolute Gasteiger partial charge is 0.325 e. The van der Waals surface area contributed by atoms with Gasteiger partial charge in [-0.3, -0.25) is 19.8 Å². The number of para-hydroxylation sites is 1. The van der Waals surface area contributed by atoms with Crippen LogP contribution in [0.25, 0.3) is 0 Å². The highest BCUT2D eigenvalue weighted by Gasteiger charge is 2.36. The molecule has 0 radical (unpaired) electrons. The van der Waals surface area contributed by atoms with Gasteiger partial charge >= 0.3 is 5.97 Å². The molecule has 0 bridgehead atoms. The van der Waals surface area contributed by atoms with Crippen LogP contribution >= 0.6 is 0 Å². The van der Waals surface area contributed by atoms with Gasteiger partial charge in [-0.25, -0.2) is 0 Å². The Balaban J connectivity index is 2.40. The molecule has 1 fully saturated rings. The summed E-state index contributed by atoms with van der Waals surface area (Å²) in [6.45, 7) is 4.57. The fourth-order valence-corrected chi connectivity index (χ4v) is 2.80. The minimum Gasteiger partial charge on any atom is -0.480 e. The van der Waals surface area contributed by atoms with Crippen LogP contribution in [0.5, 0.6) is 0 Å². The lowest BCUT2D eigenvalue weighted by Crippen LogP contribution is -2.48. The van der Waals surface area contributed by atoms with Gasteiger partial charge in [0.15, 0.2) is 0 Å². The summed E-state index contributed by atoms with van der Waals surface area (Å²) >= 11 is 0. The second kappa shape index (κ2) is 6.19. The zero-order valence-corrected chi connectivity index (χ0v) is 11.9. The van der Waals surface area contributed by atoms with Gasteiger partial charge in [0.1, 0.15) is 6.04 Å². The molecule has 0 saturated carbocycles. The number of hydrogen-bond acceptors (Lipinski definition) is 5. The van der Waals surface area contributed by atoms with Crippen molar-refractivity contribution >= 4 is 11.7 Å². The Morgan fingerprint density at radius 1 is 1.38 bits per heavy atom. The molecule has 1 saturated heterocycles. The van der Waals surface area contributed by atoms with Crippen LogP contribution in [-0.4, -0.2) is 46.2 Å². The van der Waals surface area contributed by atoms with Crippen molar-refractivity contribution in [1.29, 1.82) is 0 Å². The number of morpholine rings is 1. The first kappa shape index (κ1) is 15.4. The average Bonchev–Trinajstić information content (AvgIpc) is 2.37. The molecule has 1 aliphatic heterocycles. The predicted molar refractivity (Wildman–Crippen MR) is 75.1 cm³/mol. The number of rotatable bonds is 4. The Bertz CT molecular complexity index is 538. The zero-order valence-electron chi connectivity index (χ0n) is 11.9. The maximum atomic E-state index is 11.7. The predicted octanol–water partition coefficient (Wildman–Crippen LogP) is 1.83. The molecule has 1 N–H and O–H groups in total. The SMILES string of the molecule is CC1CN(C(C(=O)O)c2ccccc2[N+](=O)[O-])CC(C)O1. The molecular formula is C14H18N2O5. The van der Waals surface area contributed by atoms with Crippen LogP contribution in [0.1, 0.15) is 25.5 Å². The van der Waals surface area contributed by atoms with Crippen molar-refractivity contribution in [3.05, 3.63) is 39.9 Å². The molecule has 3 atom stereocenters. The van der Waals surface area contributed by atoms with Crippen molar-refractivity contribution in [2.45, 2.75) is 32.1 Å². The van der Waals surface area contributed by atoms with Crippen molar-refractivity contribution in [1.82, 2.24) is 4.90 Å². The molecule has 3 unspecified atom stereocenters. The zero-order chi connectivity index (χ0) is 15.6. The summed E-state index contributed by atoms with van der Waals surface area (Å²) < 4.78 is 5.59. The van der Waals surface area contributed by atoms with Gasteiger partial charge in [-0.2, -0.15) is 0 Å². The summed E-state index contributed by atoms with van der Waals surface area (Å²) in [7, 11) is 0. The molecule has 0 aromatic heterocycles. The van der Waals surface area contributed by atoms with Gasteiger partial charge in [0.05, 0.1) is 22.7 Å². The first-order chi connectivity index (χ1) is 9.90. The number of nitrogens with zero attached hydrogens (tertiary/aromatic N) is 2. The first-order valence-corrected chi connectivity index (χ1v) is 6.75. The normalized spacial score (nSPS) is 24.5. The topological polar surface area (TPSA) is 92.9 Å². The third kappa shape index (κ3) is 3.37.